The SMILES string of the molecule is CC(C)c1cc2[nH][n+]1CCOc1ccccc1-2. The zero-order chi connectivity index (χ0) is 11.8. The Morgan fingerprint density at radius 2 is 2.12 bits per heavy atom. The number of hydrogen-bond acceptors (Lipinski definition) is 1. The minimum absolute atomic E-state index is 0.519. The molecular weight excluding hydrogens is 212 g/mol. The van der Waals surface area contributed by atoms with Crippen molar-refractivity contribution in [3.63, 3.8) is 0 Å². The van der Waals surface area contributed by atoms with E-state index in [4.69, 9.17) is 4.74 Å². The summed E-state index contributed by atoms with van der Waals surface area (Å²) >= 11 is 0. The number of para-hydroxylation sites is 1. The van der Waals surface area contributed by atoms with Crippen molar-refractivity contribution >= 4 is 0 Å². The van der Waals surface area contributed by atoms with Gasteiger partial charge in [-0.05, 0) is 12.1 Å². The van der Waals surface area contributed by atoms with E-state index >= 15 is 0 Å². The Morgan fingerprint density at radius 1 is 1.29 bits per heavy atom. The molecule has 3 heteroatoms. The van der Waals surface area contributed by atoms with Crippen molar-refractivity contribution in [2.45, 2.75) is 26.3 Å². The van der Waals surface area contributed by atoms with Gasteiger partial charge in [0.1, 0.15) is 18.1 Å². The van der Waals surface area contributed by atoms with Crippen LogP contribution in [0.1, 0.15) is 25.5 Å². The molecule has 17 heavy (non-hydrogen) atoms. The number of aromatic amines is 1. The van der Waals surface area contributed by atoms with Gasteiger partial charge in [-0.25, -0.2) is 0 Å². The normalized spacial score (nSPS) is 13.8. The van der Waals surface area contributed by atoms with Crippen LogP contribution in [0.3, 0.4) is 0 Å². The van der Waals surface area contributed by atoms with Gasteiger partial charge in [0.15, 0.2) is 0 Å². The highest BCUT2D eigenvalue weighted by atomic mass is 16.5. The molecule has 1 aliphatic rings. The zero-order valence-corrected chi connectivity index (χ0v) is 10.2. The summed E-state index contributed by atoms with van der Waals surface area (Å²) in [6.07, 6.45) is 0. The molecule has 2 heterocycles. The Kier molecular flexibility index (Phi) is 2.39. The molecule has 3 nitrogen and oxygen atoms in total. The van der Waals surface area contributed by atoms with Crippen molar-refractivity contribution in [2.24, 2.45) is 0 Å². The molecule has 1 aromatic carbocycles. The Labute approximate surface area is 101 Å². The van der Waals surface area contributed by atoms with Gasteiger partial charge in [-0.1, -0.05) is 26.0 Å². The van der Waals surface area contributed by atoms with Crippen LogP contribution in [-0.2, 0) is 6.54 Å². The number of benzene rings is 1. The van der Waals surface area contributed by atoms with Crippen LogP contribution < -0.4 is 9.42 Å². The fourth-order valence-corrected chi connectivity index (χ4v) is 2.33. The molecule has 0 saturated heterocycles. The number of aromatic nitrogens is 2. The van der Waals surface area contributed by atoms with Crippen molar-refractivity contribution in [3.8, 4) is 17.0 Å². The summed E-state index contributed by atoms with van der Waals surface area (Å²) in [6.45, 7) is 6.02. The number of ether oxygens (including phenoxy) is 1. The summed E-state index contributed by atoms with van der Waals surface area (Å²) < 4.78 is 7.99. The summed E-state index contributed by atoms with van der Waals surface area (Å²) in [5.41, 5.74) is 3.62. The van der Waals surface area contributed by atoms with Gasteiger partial charge in [-0.2, -0.15) is 5.10 Å². The fourth-order valence-electron chi connectivity index (χ4n) is 2.33. The van der Waals surface area contributed by atoms with E-state index < -0.39 is 0 Å². The fraction of sp³-hybridized carbons (Fsp3) is 0.357. The molecule has 0 spiro atoms. The second kappa shape index (κ2) is 3.91. The second-order valence-electron chi connectivity index (χ2n) is 4.75. The first kappa shape index (κ1) is 10.4. The van der Waals surface area contributed by atoms with Gasteiger partial charge in [-0.15, -0.1) is 4.68 Å². The third-order valence-electron chi connectivity index (χ3n) is 3.20. The maximum absolute atomic E-state index is 5.80. The van der Waals surface area contributed by atoms with E-state index in [0.717, 1.165) is 23.6 Å². The largest absolute Gasteiger partial charge is 0.486 e. The highest BCUT2D eigenvalue weighted by Crippen LogP contribution is 2.30. The van der Waals surface area contributed by atoms with Crippen molar-refractivity contribution in [3.05, 3.63) is 36.0 Å². The summed E-state index contributed by atoms with van der Waals surface area (Å²) in [6, 6.07) is 10.4. The van der Waals surface area contributed by atoms with Crippen LogP contribution in [0, 0.1) is 0 Å². The van der Waals surface area contributed by atoms with Gasteiger partial charge < -0.3 is 4.74 Å². The smallest absolute Gasteiger partial charge is 0.211 e. The first-order chi connectivity index (χ1) is 8.25. The van der Waals surface area contributed by atoms with Gasteiger partial charge in [0.05, 0.1) is 0 Å². The van der Waals surface area contributed by atoms with Crippen LogP contribution >= 0.6 is 0 Å². The number of hydrogen-bond donors (Lipinski definition) is 1. The molecule has 88 valence electrons. The van der Waals surface area contributed by atoms with Crippen LogP contribution in [0.5, 0.6) is 5.75 Å². The van der Waals surface area contributed by atoms with Crippen LogP contribution in [0.25, 0.3) is 11.3 Å². The van der Waals surface area contributed by atoms with E-state index in [1.165, 1.54) is 5.69 Å². The van der Waals surface area contributed by atoms with Crippen molar-refractivity contribution in [2.75, 3.05) is 6.61 Å². The zero-order valence-electron chi connectivity index (χ0n) is 10.2. The predicted molar refractivity (Wildman–Crippen MR) is 66.0 cm³/mol. The quantitative estimate of drug-likeness (QED) is 0.748. The van der Waals surface area contributed by atoms with Gasteiger partial charge in [-0.3, -0.25) is 0 Å². The molecule has 0 atom stereocenters. The third kappa shape index (κ3) is 1.71. The first-order valence-electron chi connectivity index (χ1n) is 6.10. The lowest BCUT2D eigenvalue weighted by Gasteiger charge is -2.10. The molecule has 2 aromatic rings. The number of rotatable bonds is 1. The Hall–Kier alpha value is -1.77. The minimum Gasteiger partial charge on any atom is -0.486 e. The standard InChI is InChI=1S/C14H16N2O/c1-10(2)13-9-12-11-5-3-4-6-14(11)17-8-7-16(13)15-12/h3-6,9-10H,7-8H2,1-2H3/p+1. The molecule has 2 bridgehead atoms. The topological polar surface area (TPSA) is 28.9 Å². The van der Waals surface area contributed by atoms with Gasteiger partial charge in [0.25, 0.3) is 0 Å². The lowest BCUT2D eigenvalue weighted by Crippen LogP contribution is -2.42. The van der Waals surface area contributed by atoms with Crippen molar-refractivity contribution < 1.29 is 9.42 Å². The summed E-state index contributed by atoms with van der Waals surface area (Å²) in [7, 11) is 0. The maximum Gasteiger partial charge on any atom is 0.211 e. The number of nitrogens with zero attached hydrogens (tertiary/aromatic N) is 1. The molecule has 0 saturated carbocycles. The molecule has 1 aromatic heterocycles. The summed E-state index contributed by atoms with van der Waals surface area (Å²) in [5, 5.41) is 3.46. The van der Waals surface area contributed by atoms with E-state index in [2.05, 4.69) is 35.8 Å². The van der Waals surface area contributed by atoms with Crippen LogP contribution in [0.2, 0.25) is 0 Å². The maximum atomic E-state index is 5.80. The molecular formula is C14H17N2O+. The van der Waals surface area contributed by atoms with E-state index in [0.29, 0.717) is 12.5 Å². The molecule has 0 radical (unpaired) electrons. The molecule has 1 N–H and O–H groups in total. The molecule has 1 aliphatic heterocycles. The number of fused-ring (bicyclic) bond motifs is 4. The van der Waals surface area contributed by atoms with Crippen LogP contribution in [0.4, 0.5) is 0 Å². The summed E-state index contributed by atoms with van der Waals surface area (Å²) in [5.74, 6) is 1.49. The van der Waals surface area contributed by atoms with Gasteiger partial charge in [0, 0.05) is 17.5 Å². The van der Waals surface area contributed by atoms with Crippen molar-refractivity contribution in [1.82, 2.24) is 5.10 Å². The first-order valence-corrected chi connectivity index (χ1v) is 6.10. The van der Waals surface area contributed by atoms with Crippen LogP contribution in [0.15, 0.2) is 30.3 Å². The average Bonchev–Trinajstić information content (AvgIpc) is 2.73. The lowest BCUT2D eigenvalue weighted by atomic mass is 10.1. The Morgan fingerprint density at radius 3 is 2.94 bits per heavy atom. The number of H-pyrrole nitrogens is 1. The third-order valence-corrected chi connectivity index (χ3v) is 3.20. The van der Waals surface area contributed by atoms with E-state index in [-0.39, 0.29) is 0 Å². The molecule has 0 unspecified atom stereocenters. The van der Waals surface area contributed by atoms with Gasteiger partial charge in [0.2, 0.25) is 12.2 Å². The van der Waals surface area contributed by atoms with E-state index in [1.807, 2.05) is 18.2 Å². The van der Waals surface area contributed by atoms with Crippen LogP contribution in [-0.4, -0.2) is 11.7 Å². The Bertz CT molecular complexity index is 543. The monoisotopic (exact) mass is 229 g/mol. The molecule has 3 rings (SSSR count). The number of nitrogens with one attached hydrogen (secondary N) is 1. The average molecular weight is 229 g/mol. The van der Waals surface area contributed by atoms with E-state index in [9.17, 15) is 0 Å². The Balaban J connectivity index is 2.18. The molecule has 0 fully saturated rings. The predicted octanol–water partition coefficient (Wildman–Crippen LogP) is 2.49. The highest BCUT2D eigenvalue weighted by molar-refractivity contribution is 5.66. The molecule has 0 amide bonds. The minimum atomic E-state index is 0.519. The van der Waals surface area contributed by atoms with Gasteiger partial charge >= 0.3 is 0 Å². The highest BCUT2D eigenvalue weighted by Gasteiger charge is 2.23. The summed E-state index contributed by atoms with van der Waals surface area (Å²) in [4.78, 5) is 0. The van der Waals surface area contributed by atoms with Crippen molar-refractivity contribution in [1.29, 1.82) is 0 Å². The second-order valence-corrected chi connectivity index (χ2v) is 4.75. The lowest BCUT2D eigenvalue weighted by molar-refractivity contribution is -0.757. The van der Waals surface area contributed by atoms with E-state index in [1.54, 1.807) is 0 Å². The molecule has 0 aliphatic carbocycles.